The number of thioether (sulfide) groups is 1. The molecule has 34 heavy (non-hydrogen) atoms. The number of nitrogens with zero attached hydrogens (tertiary/aromatic N) is 4. The lowest BCUT2D eigenvalue weighted by Crippen LogP contribution is -2.22. The molecule has 172 valence electrons. The molecule has 0 aliphatic carbocycles. The van der Waals surface area contributed by atoms with E-state index in [9.17, 15) is 4.79 Å². The van der Waals surface area contributed by atoms with Crippen molar-refractivity contribution in [1.82, 2.24) is 20.3 Å². The average molecular weight is 470 g/mol. The number of nitrogens with one attached hydrogen (secondary N) is 1. The molecule has 0 bridgehead atoms. The van der Waals surface area contributed by atoms with E-state index in [2.05, 4.69) is 32.3 Å². The van der Waals surface area contributed by atoms with E-state index in [1.807, 2.05) is 74.6 Å². The molecule has 4 rings (SSSR count). The van der Waals surface area contributed by atoms with Gasteiger partial charge in [0.25, 0.3) is 5.91 Å². The number of carbonyl (C=O) groups is 1. The Morgan fingerprint density at radius 3 is 2.53 bits per heavy atom. The summed E-state index contributed by atoms with van der Waals surface area (Å²) in [5.41, 5.74) is 4.80. The first kappa shape index (κ1) is 23.4. The van der Waals surface area contributed by atoms with Gasteiger partial charge in [0.15, 0.2) is 5.16 Å². The van der Waals surface area contributed by atoms with Gasteiger partial charge in [0.1, 0.15) is 5.82 Å². The van der Waals surface area contributed by atoms with Crippen molar-refractivity contribution in [3.05, 3.63) is 113 Å². The summed E-state index contributed by atoms with van der Waals surface area (Å²) in [6.07, 6.45) is 3.47. The van der Waals surface area contributed by atoms with Crippen LogP contribution in [0.5, 0.6) is 0 Å². The molecule has 0 aliphatic heterocycles. The topological polar surface area (TPSA) is 71.0 Å². The van der Waals surface area contributed by atoms with Gasteiger partial charge in [-0.15, -0.1) is 0 Å². The zero-order valence-corrected chi connectivity index (χ0v) is 20.1. The number of carbonyl (C=O) groups excluding carboxylic acids is 1. The van der Waals surface area contributed by atoms with Crippen LogP contribution in [0.15, 0.2) is 90.3 Å². The Morgan fingerprint density at radius 2 is 1.74 bits per heavy atom. The van der Waals surface area contributed by atoms with Crippen molar-refractivity contribution in [2.24, 2.45) is 0 Å². The van der Waals surface area contributed by atoms with Crippen molar-refractivity contribution in [2.75, 3.05) is 11.9 Å². The average Bonchev–Trinajstić information content (AvgIpc) is 2.87. The number of rotatable bonds is 9. The Bertz CT molecular complexity index is 1230. The lowest BCUT2D eigenvalue weighted by Gasteiger charge is -2.19. The van der Waals surface area contributed by atoms with E-state index in [0.717, 1.165) is 34.3 Å². The van der Waals surface area contributed by atoms with Gasteiger partial charge in [0.05, 0.1) is 0 Å². The molecule has 0 saturated carbocycles. The zero-order valence-electron chi connectivity index (χ0n) is 19.3. The highest BCUT2D eigenvalue weighted by Crippen LogP contribution is 2.23. The van der Waals surface area contributed by atoms with Crippen LogP contribution in [-0.2, 0) is 18.8 Å². The summed E-state index contributed by atoms with van der Waals surface area (Å²) >= 11 is 1.57. The molecular formula is C27H27N5OS. The molecular weight excluding hydrogens is 442 g/mol. The number of pyridine rings is 1. The van der Waals surface area contributed by atoms with Crippen LogP contribution in [-0.4, -0.2) is 27.9 Å². The summed E-state index contributed by atoms with van der Waals surface area (Å²) in [4.78, 5) is 28.2. The van der Waals surface area contributed by atoms with Crippen molar-refractivity contribution in [3.63, 3.8) is 0 Å². The van der Waals surface area contributed by atoms with E-state index in [1.54, 1.807) is 24.2 Å². The summed E-state index contributed by atoms with van der Waals surface area (Å²) < 4.78 is 0. The molecule has 1 N–H and O–H groups in total. The Hall–Kier alpha value is -3.71. The largest absolute Gasteiger partial charge is 0.355 e. The van der Waals surface area contributed by atoms with E-state index in [1.165, 1.54) is 5.56 Å². The third-order valence-electron chi connectivity index (χ3n) is 5.21. The van der Waals surface area contributed by atoms with Crippen LogP contribution in [0.2, 0.25) is 0 Å². The summed E-state index contributed by atoms with van der Waals surface area (Å²) in [6, 6.07) is 23.8. The SMILES string of the molecule is Cc1cc(N(C)Cc2ccccc2)nc(SCc2cccc(C(=O)NCc3cccnc3)c2)n1. The molecule has 0 aliphatic rings. The minimum absolute atomic E-state index is 0.104. The van der Waals surface area contributed by atoms with E-state index in [-0.39, 0.29) is 5.91 Å². The number of aryl methyl sites for hydroxylation is 1. The molecule has 0 unspecified atom stereocenters. The van der Waals surface area contributed by atoms with Gasteiger partial charge in [-0.05, 0) is 41.8 Å². The van der Waals surface area contributed by atoms with Crippen molar-refractivity contribution in [3.8, 4) is 0 Å². The maximum Gasteiger partial charge on any atom is 0.251 e. The third kappa shape index (κ3) is 6.65. The smallest absolute Gasteiger partial charge is 0.251 e. The van der Waals surface area contributed by atoms with Crippen LogP contribution in [0.3, 0.4) is 0 Å². The fourth-order valence-corrected chi connectivity index (χ4v) is 4.30. The molecule has 7 heteroatoms. The zero-order chi connectivity index (χ0) is 23.8. The van der Waals surface area contributed by atoms with Gasteiger partial charge in [-0.25, -0.2) is 9.97 Å². The lowest BCUT2D eigenvalue weighted by atomic mass is 10.1. The van der Waals surface area contributed by atoms with Crippen LogP contribution < -0.4 is 10.2 Å². The Balaban J connectivity index is 1.38. The van der Waals surface area contributed by atoms with Gasteiger partial charge in [0, 0.05) is 55.6 Å². The highest BCUT2D eigenvalue weighted by Gasteiger charge is 2.10. The minimum atomic E-state index is -0.104. The lowest BCUT2D eigenvalue weighted by molar-refractivity contribution is 0.0951. The van der Waals surface area contributed by atoms with Crippen LogP contribution >= 0.6 is 11.8 Å². The first-order valence-electron chi connectivity index (χ1n) is 11.1. The molecule has 2 heterocycles. The summed E-state index contributed by atoms with van der Waals surface area (Å²) in [5, 5.41) is 3.67. The molecule has 0 fully saturated rings. The second-order valence-electron chi connectivity index (χ2n) is 8.02. The normalized spacial score (nSPS) is 10.6. The monoisotopic (exact) mass is 469 g/mol. The third-order valence-corrected chi connectivity index (χ3v) is 6.13. The summed E-state index contributed by atoms with van der Waals surface area (Å²) in [6.45, 7) is 3.21. The number of aromatic nitrogens is 3. The van der Waals surface area contributed by atoms with E-state index >= 15 is 0 Å². The maximum atomic E-state index is 12.6. The van der Waals surface area contributed by atoms with Gasteiger partial charge in [0.2, 0.25) is 0 Å². The molecule has 2 aromatic carbocycles. The molecule has 0 spiro atoms. The summed E-state index contributed by atoms with van der Waals surface area (Å²) in [7, 11) is 2.04. The molecule has 6 nitrogen and oxygen atoms in total. The first-order chi connectivity index (χ1) is 16.6. The van der Waals surface area contributed by atoms with Crippen molar-refractivity contribution in [2.45, 2.75) is 30.9 Å². The van der Waals surface area contributed by atoms with Gasteiger partial charge < -0.3 is 10.2 Å². The first-order valence-corrected chi connectivity index (χ1v) is 12.0. The quantitative estimate of drug-likeness (QED) is 0.274. The number of benzene rings is 2. The molecule has 0 atom stereocenters. The minimum Gasteiger partial charge on any atom is -0.355 e. The maximum absolute atomic E-state index is 12.6. The van der Waals surface area contributed by atoms with Crippen molar-refractivity contribution >= 4 is 23.5 Å². The van der Waals surface area contributed by atoms with E-state index in [4.69, 9.17) is 4.98 Å². The Labute approximate surface area is 204 Å². The number of amides is 1. The molecule has 4 aromatic rings. The van der Waals surface area contributed by atoms with E-state index < -0.39 is 0 Å². The molecule has 2 aromatic heterocycles. The second-order valence-corrected chi connectivity index (χ2v) is 8.97. The number of anilines is 1. The predicted octanol–water partition coefficient (Wildman–Crippen LogP) is 5.04. The number of hydrogen-bond donors (Lipinski definition) is 1. The van der Waals surface area contributed by atoms with Crippen molar-refractivity contribution < 1.29 is 4.79 Å². The molecule has 0 saturated heterocycles. The van der Waals surface area contributed by atoms with Crippen LogP contribution in [0, 0.1) is 6.92 Å². The fraction of sp³-hybridized carbons (Fsp3) is 0.185. The number of hydrogen-bond acceptors (Lipinski definition) is 6. The van der Waals surface area contributed by atoms with Crippen molar-refractivity contribution in [1.29, 1.82) is 0 Å². The van der Waals surface area contributed by atoms with Crippen LogP contribution in [0.4, 0.5) is 5.82 Å². The standard InChI is InChI=1S/C27H27N5OS/c1-20-14-25(32(2)18-21-8-4-3-5-9-21)31-27(30-20)34-19-22-10-6-12-24(15-22)26(33)29-17-23-11-7-13-28-16-23/h3-16H,17-19H2,1-2H3,(H,29,33). The van der Waals surface area contributed by atoms with Crippen LogP contribution in [0.1, 0.15) is 32.7 Å². The molecule has 1 amide bonds. The van der Waals surface area contributed by atoms with Gasteiger partial charge in [-0.3, -0.25) is 9.78 Å². The van der Waals surface area contributed by atoms with E-state index in [0.29, 0.717) is 17.9 Å². The predicted molar refractivity (Wildman–Crippen MR) is 137 cm³/mol. The highest BCUT2D eigenvalue weighted by molar-refractivity contribution is 7.98. The molecule has 0 radical (unpaired) electrons. The second kappa shape index (κ2) is 11.4. The fourth-order valence-electron chi connectivity index (χ4n) is 3.46. The van der Waals surface area contributed by atoms with Gasteiger partial charge >= 0.3 is 0 Å². The highest BCUT2D eigenvalue weighted by atomic mass is 32.2. The Morgan fingerprint density at radius 1 is 0.941 bits per heavy atom. The summed E-state index contributed by atoms with van der Waals surface area (Å²) in [5.74, 6) is 1.46. The van der Waals surface area contributed by atoms with Gasteiger partial charge in [-0.1, -0.05) is 60.3 Å². The Kier molecular flexibility index (Phi) is 7.88. The van der Waals surface area contributed by atoms with Crippen LogP contribution in [0.25, 0.3) is 0 Å². The van der Waals surface area contributed by atoms with Gasteiger partial charge in [-0.2, -0.15) is 0 Å².